The van der Waals surface area contributed by atoms with Crippen molar-refractivity contribution in [3.8, 4) is 0 Å². The minimum Gasteiger partial charge on any atom is -0.394 e. The molecule has 2 aromatic heterocycles. The van der Waals surface area contributed by atoms with Gasteiger partial charge in [0.05, 0.1) is 19.5 Å². The number of fused-ring (bicyclic) bond motifs is 1. The first-order valence-electron chi connectivity index (χ1n) is 4.61. The van der Waals surface area contributed by atoms with E-state index < -0.39 is 0 Å². The van der Waals surface area contributed by atoms with Crippen LogP contribution >= 0.6 is 0 Å². The van der Waals surface area contributed by atoms with Crippen LogP contribution in [0, 0.1) is 0 Å². The molecule has 17 heavy (non-hydrogen) atoms. The van der Waals surface area contributed by atoms with Gasteiger partial charge in [0.15, 0.2) is 11.2 Å². The summed E-state index contributed by atoms with van der Waals surface area (Å²) in [5.41, 5.74) is 5.60. The maximum absolute atomic E-state index is 11.4. The molecule has 0 spiro atoms. The number of nitrogens with one attached hydrogen (secondary N) is 1. The molecule has 0 atom stereocenters. The third-order valence-corrected chi connectivity index (χ3v) is 1.96. The number of rotatable bonds is 4. The topological polar surface area (TPSA) is 119 Å². The fraction of sp³-hybridized carbons (Fsp3) is 0.375. The molecule has 2 aromatic rings. The van der Waals surface area contributed by atoms with Crippen LogP contribution in [0.1, 0.15) is 0 Å². The molecule has 0 saturated carbocycles. The monoisotopic (exact) mass is 248 g/mol. The van der Waals surface area contributed by atoms with Crippen LogP contribution in [0.15, 0.2) is 11.1 Å². The Kier molecular flexibility index (Phi) is 5.09. The van der Waals surface area contributed by atoms with E-state index >= 15 is 0 Å². The molecule has 8 nitrogen and oxygen atoms in total. The van der Waals surface area contributed by atoms with E-state index in [-0.39, 0.29) is 66.5 Å². The third kappa shape index (κ3) is 3.05. The number of ether oxygens (including phenoxy) is 1. The summed E-state index contributed by atoms with van der Waals surface area (Å²) in [7, 11) is 0. The summed E-state index contributed by atoms with van der Waals surface area (Å²) >= 11 is 0. The largest absolute Gasteiger partial charge is 0.394 e. The summed E-state index contributed by atoms with van der Waals surface area (Å²) in [6, 6.07) is 0. The molecule has 0 aliphatic rings. The molecule has 9 heteroatoms. The number of hydrogen-bond acceptors (Lipinski definition) is 6. The molecule has 0 saturated heterocycles. The Bertz CT molecular complexity index is 552. The number of aromatic amines is 1. The number of imidazole rings is 1. The van der Waals surface area contributed by atoms with Gasteiger partial charge in [0.1, 0.15) is 6.73 Å². The Hall–Kier alpha value is -0.930. The number of nitrogens with zero attached hydrogens (tertiary/aromatic N) is 3. The Morgan fingerprint density at radius 2 is 2.35 bits per heavy atom. The van der Waals surface area contributed by atoms with E-state index in [2.05, 4.69) is 15.0 Å². The van der Waals surface area contributed by atoms with Crippen molar-refractivity contribution < 1.29 is 9.84 Å². The predicted octanol–water partition coefficient (Wildman–Crippen LogP) is -1.71. The zero-order valence-corrected chi connectivity index (χ0v) is 11.4. The summed E-state index contributed by atoms with van der Waals surface area (Å²) in [5.74, 6) is 0.0291. The van der Waals surface area contributed by atoms with Crippen LogP contribution in [-0.2, 0) is 11.5 Å². The van der Waals surface area contributed by atoms with Gasteiger partial charge in [-0.05, 0) is 0 Å². The number of aromatic nitrogens is 4. The molecule has 2 heterocycles. The average Bonchev–Trinajstić information content (AvgIpc) is 2.62. The van der Waals surface area contributed by atoms with Crippen molar-refractivity contribution in [1.82, 2.24) is 19.5 Å². The second-order valence-electron chi connectivity index (χ2n) is 3.10. The zero-order chi connectivity index (χ0) is 11.5. The van der Waals surface area contributed by atoms with Gasteiger partial charge in [0.25, 0.3) is 5.56 Å². The number of nitrogen functional groups attached to an aromatic ring is 1. The van der Waals surface area contributed by atoms with E-state index in [9.17, 15) is 4.79 Å². The second-order valence-corrected chi connectivity index (χ2v) is 3.10. The molecule has 0 unspecified atom stereocenters. The second kappa shape index (κ2) is 6.12. The van der Waals surface area contributed by atoms with Gasteiger partial charge in [-0.25, -0.2) is 4.98 Å². The SMILES string of the molecule is Nc1nc2c(ncn2COCCO)c(=O)[nH]1.[Na]. The van der Waals surface area contributed by atoms with Crippen LogP contribution in [-0.4, -0.2) is 67.4 Å². The van der Waals surface area contributed by atoms with Gasteiger partial charge in [-0.1, -0.05) is 0 Å². The number of hydrogen-bond donors (Lipinski definition) is 3. The average molecular weight is 248 g/mol. The van der Waals surface area contributed by atoms with Gasteiger partial charge >= 0.3 is 0 Å². The quantitative estimate of drug-likeness (QED) is 0.437. The fourth-order valence-corrected chi connectivity index (χ4v) is 1.29. The number of anilines is 1. The van der Waals surface area contributed by atoms with Crippen LogP contribution in [0.3, 0.4) is 0 Å². The molecule has 4 N–H and O–H groups in total. The van der Waals surface area contributed by atoms with E-state index in [0.29, 0.717) is 5.65 Å². The Morgan fingerprint density at radius 3 is 3.06 bits per heavy atom. The summed E-state index contributed by atoms with van der Waals surface area (Å²) in [5, 5.41) is 8.56. The van der Waals surface area contributed by atoms with Crippen molar-refractivity contribution in [1.29, 1.82) is 0 Å². The molecular formula is C8H11N5NaO3. The summed E-state index contributed by atoms with van der Waals surface area (Å²) in [6.45, 7) is 0.300. The van der Waals surface area contributed by atoms with E-state index in [4.69, 9.17) is 15.6 Å². The molecule has 87 valence electrons. The normalized spacial score (nSPS) is 10.4. The molecule has 0 fully saturated rings. The zero-order valence-electron chi connectivity index (χ0n) is 9.38. The standard InChI is InChI=1S/C8H11N5O3.Na/c9-8-11-6-5(7(15)12-8)10-3-13(6)4-16-2-1-14;/h3,14H,1-2,4H2,(H3,9,11,12,15);. The minimum atomic E-state index is -0.386. The van der Waals surface area contributed by atoms with Gasteiger partial charge in [0, 0.05) is 29.6 Å². The number of aliphatic hydroxyl groups excluding tert-OH is 1. The Labute approximate surface area is 118 Å². The molecular weight excluding hydrogens is 237 g/mol. The van der Waals surface area contributed by atoms with Crippen LogP contribution in [0.25, 0.3) is 11.2 Å². The van der Waals surface area contributed by atoms with Gasteiger partial charge in [-0.2, -0.15) is 4.98 Å². The number of H-pyrrole nitrogens is 1. The molecule has 2 rings (SSSR count). The van der Waals surface area contributed by atoms with Crippen molar-refractivity contribution in [2.75, 3.05) is 18.9 Å². The first-order valence-corrected chi connectivity index (χ1v) is 4.61. The Balaban J connectivity index is 0.00000144. The van der Waals surface area contributed by atoms with Crippen molar-refractivity contribution in [2.45, 2.75) is 6.73 Å². The van der Waals surface area contributed by atoms with Crippen molar-refractivity contribution in [3.05, 3.63) is 16.7 Å². The minimum absolute atomic E-state index is 0. The van der Waals surface area contributed by atoms with E-state index in [1.807, 2.05) is 0 Å². The van der Waals surface area contributed by atoms with E-state index in [1.165, 1.54) is 10.9 Å². The van der Waals surface area contributed by atoms with Crippen molar-refractivity contribution >= 4 is 46.7 Å². The molecule has 0 aliphatic heterocycles. The van der Waals surface area contributed by atoms with E-state index in [0.717, 1.165) is 0 Å². The molecule has 1 radical (unpaired) electrons. The van der Waals surface area contributed by atoms with Crippen LogP contribution in [0.5, 0.6) is 0 Å². The van der Waals surface area contributed by atoms with E-state index in [1.54, 1.807) is 0 Å². The maximum Gasteiger partial charge on any atom is 0.280 e. The van der Waals surface area contributed by atoms with Crippen molar-refractivity contribution in [3.63, 3.8) is 0 Å². The fourth-order valence-electron chi connectivity index (χ4n) is 1.29. The first-order chi connectivity index (χ1) is 7.72. The number of nitrogens with two attached hydrogens (primary N) is 1. The summed E-state index contributed by atoms with van der Waals surface area (Å²) in [6.07, 6.45) is 1.43. The molecule has 0 amide bonds. The molecule has 0 aliphatic carbocycles. The van der Waals surface area contributed by atoms with Gasteiger partial charge in [-0.3, -0.25) is 14.3 Å². The maximum atomic E-state index is 11.4. The summed E-state index contributed by atoms with van der Waals surface area (Å²) < 4.78 is 6.63. The van der Waals surface area contributed by atoms with Gasteiger partial charge in [-0.15, -0.1) is 0 Å². The van der Waals surface area contributed by atoms with Crippen LogP contribution in [0.2, 0.25) is 0 Å². The Morgan fingerprint density at radius 1 is 1.59 bits per heavy atom. The molecule has 0 aromatic carbocycles. The smallest absolute Gasteiger partial charge is 0.280 e. The third-order valence-electron chi connectivity index (χ3n) is 1.96. The van der Waals surface area contributed by atoms with Crippen LogP contribution < -0.4 is 11.3 Å². The number of aliphatic hydroxyl groups is 1. The van der Waals surface area contributed by atoms with Crippen LogP contribution in [0.4, 0.5) is 5.95 Å². The van der Waals surface area contributed by atoms with Crippen molar-refractivity contribution in [2.24, 2.45) is 0 Å². The predicted molar refractivity (Wildman–Crippen MR) is 61.4 cm³/mol. The van der Waals surface area contributed by atoms with Gasteiger partial charge < -0.3 is 15.6 Å². The molecule has 0 bridgehead atoms. The summed E-state index contributed by atoms with van der Waals surface area (Å²) in [4.78, 5) is 21.6. The first kappa shape index (κ1) is 14.1. The van der Waals surface area contributed by atoms with Gasteiger partial charge in [0.2, 0.25) is 5.95 Å².